The fourth-order valence-electron chi connectivity index (χ4n) is 1.94. The van der Waals surface area contributed by atoms with Crippen LogP contribution in [0, 0.1) is 5.41 Å². The number of hydrogen-bond donors (Lipinski definition) is 3. The molecule has 0 aliphatic heterocycles. The molecule has 0 aliphatic carbocycles. The minimum atomic E-state index is -0.919. The highest BCUT2D eigenvalue weighted by molar-refractivity contribution is 5.78. The molecule has 0 heterocycles. The topological polar surface area (TPSA) is 89.9 Å². The number of hydrogen-bond acceptors (Lipinski definition) is 3. The van der Waals surface area contributed by atoms with Crippen molar-refractivity contribution in [3.8, 4) is 0 Å². The van der Waals surface area contributed by atoms with E-state index in [4.69, 9.17) is 5.11 Å². The van der Waals surface area contributed by atoms with Crippen LogP contribution in [0.15, 0.2) is 0 Å². The lowest BCUT2D eigenvalue weighted by Gasteiger charge is -2.30. The Morgan fingerprint density at radius 1 is 1.26 bits per heavy atom. The molecule has 6 nitrogen and oxygen atoms in total. The lowest BCUT2D eigenvalue weighted by Crippen LogP contribution is -2.49. The maximum atomic E-state index is 11.9. The first-order valence-electron chi connectivity index (χ1n) is 6.73. The zero-order valence-electron chi connectivity index (χ0n) is 12.3. The molecular weight excluding hydrogens is 248 g/mol. The number of urea groups is 1. The van der Waals surface area contributed by atoms with E-state index < -0.39 is 11.4 Å². The summed E-state index contributed by atoms with van der Waals surface area (Å²) in [5, 5.41) is 21.1. The van der Waals surface area contributed by atoms with Crippen molar-refractivity contribution in [3.05, 3.63) is 0 Å². The Morgan fingerprint density at radius 3 is 2.11 bits per heavy atom. The van der Waals surface area contributed by atoms with E-state index >= 15 is 0 Å². The molecule has 0 fully saturated rings. The van der Waals surface area contributed by atoms with Gasteiger partial charge in [0.05, 0.1) is 18.1 Å². The van der Waals surface area contributed by atoms with Gasteiger partial charge in [-0.15, -0.1) is 0 Å². The second kappa shape index (κ2) is 7.99. The molecule has 3 N–H and O–H groups in total. The molecule has 0 saturated carbocycles. The van der Waals surface area contributed by atoms with Gasteiger partial charge >= 0.3 is 12.0 Å². The molecular formula is C13H26N2O4. The third-order valence-corrected chi connectivity index (χ3v) is 3.94. The first-order valence-corrected chi connectivity index (χ1v) is 6.73. The van der Waals surface area contributed by atoms with Gasteiger partial charge in [0.15, 0.2) is 0 Å². The first-order chi connectivity index (χ1) is 8.88. The average molecular weight is 274 g/mol. The fraction of sp³-hybridized carbons (Fsp3) is 0.846. The summed E-state index contributed by atoms with van der Waals surface area (Å²) >= 11 is 0. The largest absolute Gasteiger partial charge is 0.481 e. The molecule has 19 heavy (non-hydrogen) atoms. The van der Waals surface area contributed by atoms with Crippen molar-refractivity contribution in [2.24, 2.45) is 5.41 Å². The first kappa shape index (κ1) is 17.7. The van der Waals surface area contributed by atoms with Gasteiger partial charge < -0.3 is 20.4 Å². The van der Waals surface area contributed by atoms with Crippen molar-refractivity contribution < 1.29 is 19.8 Å². The normalized spacial score (nSPS) is 12.9. The second-order valence-corrected chi connectivity index (χ2v) is 4.81. The van der Waals surface area contributed by atoms with Crippen molar-refractivity contribution in [3.63, 3.8) is 0 Å². The zero-order chi connectivity index (χ0) is 15.1. The van der Waals surface area contributed by atoms with Gasteiger partial charge in [0.1, 0.15) is 0 Å². The van der Waals surface area contributed by atoms with Crippen molar-refractivity contribution in [2.75, 3.05) is 20.2 Å². The van der Waals surface area contributed by atoms with Crippen LogP contribution in [0.25, 0.3) is 0 Å². The van der Waals surface area contributed by atoms with Crippen LogP contribution >= 0.6 is 0 Å². The van der Waals surface area contributed by atoms with Gasteiger partial charge in [-0.1, -0.05) is 20.8 Å². The Morgan fingerprint density at radius 2 is 1.79 bits per heavy atom. The number of aliphatic hydroxyl groups is 1. The number of carbonyl (C=O) groups is 2. The van der Waals surface area contributed by atoms with Gasteiger partial charge in [0.2, 0.25) is 0 Å². The Hall–Kier alpha value is -1.30. The number of rotatable bonds is 8. The summed E-state index contributed by atoms with van der Waals surface area (Å²) in [5.74, 6) is -0.894. The van der Waals surface area contributed by atoms with Crippen molar-refractivity contribution in [2.45, 2.75) is 46.1 Å². The van der Waals surface area contributed by atoms with Crippen LogP contribution in [-0.2, 0) is 4.79 Å². The third kappa shape index (κ3) is 4.38. The van der Waals surface area contributed by atoms with Crippen molar-refractivity contribution in [1.82, 2.24) is 10.2 Å². The predicted molar refractivity (Wildman–Crippen MR) is 73.0 cm³/mol. The maximum Gasteiger partial charge on any atom is 0.317 e. The van der Waals surface area contributed by atoms with Crippen LogP contribution in [0.1, 0.15) is 40.0 Å². The lowest BCUT2D eigenvalue weighted by atomic mass is 9.82. The number of likely N-dealkylation sites (N-methyl/N-ethyl adjacent to an activating group) is 1. The number of nitrogens with zero attached hydrogens (tertiary/aromatic N) is 1. The highest BCUT2D eigenvalue weighted by Crippen LogP contribution is 2.25. The summed E-state index contributed by atoms with van der Waals surface area (Å²) in [6, 6.07) is -0.601. The molecule has 0 aromatic carbocycles. The molecule has 112 valence electrons. The van der Waals surface area contributed by atoms with Gasteiger partial charge in [-0.3, -0.25) is 4.79 Å². The Bertz CT molecular complexity index is 299. The summed E-state index contributed by atoms with van der Waals surface area (Å²) in [6.45, 7) is 5.48. The molecule has 0 aliphatic rings. The molecule has 1 unspecified atom stereocenters. The van der Waals surface area contributed by atoms with Crippen LogP contribution in [-0.4, -0.2) is 53.4 Å². The lowest BCUT2D eigenvalue weighted by molar-refractivity contribution is -0.149. The molecule has 1 atom stereocenters. The van der Waals surface area contributed by atoms with E-state index in [0.29, 0.717) is 19.3 Å². The van der Waals surface area contributed by atoms with Gasteiger partial charge in [-0.05, 0) is 19.3 Å². The number of carboxylic acid groups (broad SMARTS) is 1. The molecule has 0 spiro atoms. The quantitative estimate of drug-likeness (QED) is 0.622. The third-order valence-electron chi connectivity index (χ3n) is 3.94. The van der Waals surface area contributed by atoms with Gasteiger partial charge in [0.25, 0.3) is 0 Å². The van der Waals surface area contributed by atoms with Crippen LogP contribution in [0.5, 0.6) is 0 Å². The SMILES string of the molecule is CCC(CO)N(C)C(=O)NCC(CC)(CC)C(=O)O. The Labute approximate surface area is 114 Å². The van der Waals surface area contributed by atoms with E-state index in [-0.39, 0.29) is 25.2 Å². The van der Waals surface area contributed by atoms with E-state index in [0.717, 1.165) is 0 Å². The van der Waals surface area contributed by atoms with E-state index in [1.165, 1.54) is 4.90 Å². The molecule has 2 amide bonds. The van der Waals surface area contributed by atoms with Crippen LogP contribution in [0.4, 0.5) is 4.79 Å². The molecule has 6 heteroatoms. The maximum absolute atomic E-state index is 11.9. The Balaban J connectivity index is 4.61. The minimum Gasteiger partial charge on any atom is -0.481 e. The molecule has 0 rings (SSSR count). The van der Waals surface area contributed by atoms with Gasteiger partial charge in [-0.25, -0.2) is 4.79 Å². The molecule has 0 saturated heterocycles. The number of carbonyl (C=O) groups excluding carboxylic acids is 1. The number of aliphatic carboxylic acids is 1. The fourth-order valence-corrected chi connectivity index (χ4v) is 1.94. The van der Waals surface area contributed by atoms with Gasteiger partial charge in [-0.2, -0.15) is 0 Å². The van der Waals surface area contributed by atoms with Crippen molar-refractivity contribution in [1.29, 1.82) is 0 Å². The summed E-state index contributed by atoms with van der Waals surface area (Å²) in [5.41, 5.74) is -0.919. The number of nitrogens with one attached hydrogen (secondary N) is 1. The number of carboxylic acids is 1. The molecule has 0 bridgehead atoms. The number of amides is 2. The van der Waals surface area contributed by atoms with E-state index in [2.05, 4.69) is 5.32 Å². The van der Waals surface area contributed by atoms with Gasteiger partial charge in [0, 0.05) is 13.6 Å². The highest BCUT2D eigenvalue weighted by atomic mass is 16.4. The standard InChI is InChI=1S/C13H26N2O4/c1-5-10(8-16)15(4)12(19)14-9-13(6-2,7-3)11(17)18/h10,16H,5-9H2,1-4H3,(H,14,19)(H,17,18). The van der Waals surface area contributed by atoms with Crippen LogP contribution < -0.4 is 5.32 Å². The monoisotopic (exact) mass is 274 g/mol. The smallest absolute Gasteiger partial charge is 0.317 e. The number of aliphatic hydroxyl groups excluding tert-OH is 1. The molecule has 0 aromatic heterocycles. The Kier molecular flexibility index (Phi) is 7.44. The average Bonchev–Trinajstić information content (AvgIpc) is 2.41. The minimum absolute atomic E-state index is 0.0976. The van der Waals surface area contributed by atoms with Crippen LogP contribution in [0.3, 0.4) is 0 Å². The zero-order valence-corrected chi connectivity index (χ0v) is 12.3. The van der Waals surface area contributed by atoms with Crippen molar-refractivity contribution >= 4 is 12.0 Å². The summed E-state index contributed by atoms with van der Waals surface area (Å²) in [4.78, 5) is 24.6. The summed E-state index contributed by atoms with van der Waals surface area (Å²) < 4.78 is 0. The highest BCUT2D eigenvalue weighted by Gasteiger charge is 2.35. The second-order valence-electron chi connectivity index (χ2n) is 4.81. The van der Waals surface area contributed by atoms with E-state index in [1.54, 1.807) is 20.9 Å². The van der Waals surface area contributed by atoms with E-state index in [9.17, 15) is 14.7 Å². The summed E-state index contributed by atoms with van der Waals surface area (Å²) in [6.07, 6.45) is 1.56. The molecule has 0 radical (unpaired) electrons. The van der Waals surface area contributed by atoms with Crippen LogP contribution in [0.2, 0.25) is 0 Å². The molecule has 0 aromatic rings. The predicted octanol–water partition coefficient (Wildman–Crippen LogP) is 1.29. The summed E-state index contributed by atoms with van der Waals surface area (Å²) in [7, 11) is 1.60. The van der Waals surface area contributed by atoms with E-state index in [1.807, 2.05) is 6.92 Å².